The van der Waals surface area contributed by atoms with Gasteiger partial charge >= 0.3 is 0 Å². The lowest BCUT2D eigenvalue weighted by Gasteiger charge is -2.09. The second kappa shape index (κ2) is 11.2. The zero-order chi connectivity index (χ0) is 25.6. The topological polar surface area (TPSA) is 130 Å². The van der Waals surface area contributed by atoms with Gasteiger partial charge in [0.2, 0.25) is 11.7 Å². The van der Waals surface area contributed by atoms with Gasteiger partial charge in [-0.3, -0.25) is 9.78 Å². The standard InChI is InChI=1S/C20H14N6O3.C6H13NO/c1-12-8-17(25-29-12)19-23-22-18-15-4-2-3-5-16(15)20(24-26(18)19)28-11-14-7-6-13(10-27)9-21-14;1-7-5-6-3-2-4-8-6/h2-10H,11H2,1H3;6-7H,2-5H2,1H3. The Hall–Kier alpha value is -4.22. The summed E-state index contributed by atoms with van der Waals surface area (Å²) in [4.78, 5) is 15.0. The predicted molar refractivity (Wildman–Crippen MR) is 135 cm³/mol. The Morgan fingerprint density at radius 1 is 1.19 bits per heavy atom. The molecule has 1 N–H and O–H groups in total. The molecule has 0 radical (unpaired) electrons. The molecule has 1 saturated heterocycles. The van der Waals surface area contributed by atoms with E-state index in [9.17, 15) is 4.79 Å². The minimum absolute atomic E-state index is 0.197. The maximum absolute atomic E-state index is 10.8. The number of nitrogens with one attached hydrogen (secondary N) is 1. The number of pyridine rings is 1. The summed E-state index contributed by atoms with van der Waals surface area (Å²) >= 11 is 0. The number of carbonyl (C=O) groups excluding carboxylic acids is 1. The van der Waals surface area contributed by atoms with E-state index in [1.54, 1.807) is 29.6 Å². The third-order valence-electron chi connectivity index (χ3n) is 5.88. The molecule has 0 saturated carbocycles. The first-order valence-electron chi connectivity index (χ1n) is 12.0. The molecule has 0 amide bonds. The van der Waals surface area contributed by atoms with E-state index in [0.29, 0.717) is 46.2 Å². The van der Waals surface area contributed by atoms with E-state index in [1.807, 2.05) is 31.3 Å². The smallest absolute Gasteiger partial charge is 0.240 e. The van der Waals surface area contributed by atoms with Gasteiger partial charge in [-0.15, -0.1) is 15.3 Å². The van der Waals surface area contributed by atoms with Crippen LogP contribution in [0.3, 0.4) is 0 Å². The molecule has 0 spiro atoms. The highest BCUT2D eigenvalue weighted by Gasteiger charge is 2.18. The Labute approximate surface area is 212 Å². The fourth-order valence-electron chi connectivity index (χ4n) is 4.06. The molecule has 1 fully saturated rings. The van der Waals surface area contributed by atoms with E-state index >= 15 is 0 Å². The lowest BCUT2D eigenvalue weighted by Crippen LogP contribution is -2.22. The van der Waals surface area contributed by atoms with Gasteiger partial charge in [0.1, 0.15) is 12.4 Å². The van der Waals surface area contributed by atoms with Gasteiger partial charge < -0.3 is 19.3 Å². The molecular formula is C26H27N7O4. The number of aldehydes is 1. The van der Waals surface area contributed by atoms with Crippen LogP contribution in [0.2, 0.25) is 0 Å². The highest BCUT2D eigenvalue weighted by molar-refractivity contribution is 5.96. The quantitative estimate of drug-likeness (QED) is 0.331. The lowest BCUT2D eigenvalue weighted by atomic mass is 10.2. The molecule has 6 rings (SSSR count). The van der Waals surface area contributed by atoms with Crippen molar-refractivity contribution in [3.05, 3.63) is 65.7 Å². The van der Waals surface area contributed by atoms with Crippen LogP contribution in [0, 0.1) is 6.92 Å². The molecular weight excluding hydrogens is 474 g/mol. The van der Waals surface area contributed by atoms with Crippen LogP contribution in [0.25, 0.3) is 27.9 Å². The fourth-order valence-corrected chi connectivity index (χ4v) is 4.06. The Kier molecular flexibility index (Phi) is 7.43. The van der Waals surface area contributed by atoms with E-state index in [-0.39, 0.29) is 6.61 Å². The molecule has 37 heavy (non-hydrogen) atoms. The van der Waals surface area contributed by atoms with Gasteiger partial charge in [-0.1, -0.05) is 23.4 Å². The molecule has 1 aliphatic heterocycles. The molecule has 1 aliphatic rings. The Balaban J connectivity index is 0.000000301. The van der Waals surface area contributed by atoms with Gasteiger partial charge in [-0.2, -0.15) is 4.52 Å². The zero-order valence-electron chi connectivity index (χ0n) is 20.6. The molecule has 11 nitrogen and oxygen atoms in total. The molecule has 5 heterocycles. The monoisotopic (exact) mass is 501 g/mol. The van der Waals surface area contributed by atoms with Crippen molar-refractivity contribution in [2.75, 3.05) is 20.2 Å². The van der Waals surface area contributed by atoms with Crippen molar-refractivity contribution in [3.63, 3.8) is 0 Å². The van der Waals surface area contributed by atoms with Crippen LogP contribution in [0.15, 0.2) is 53.2 Å². The average molecular weight is 502 g/mol. The number of nitrogens with zero attached hydrogens (tertiary/aromatic N) is 6. The summed E-state index contributed by atoms with van der Waals surface area (Å²) in [6.45, 7) is 3.98. The Bertz CT molecular complexity index is 1490. The molecule has 190 valence electrons. The highest BCUT2D eigenvalue weighted by atomic mass is 16.5. The number of fused-ring (bicyclic) bond motifs is 3. The predicted octanol–water partition coefficient (Wildman–Crippen LogP) is 3.41. The highest BCUT2D eigenvalue weighted by Crippen LogP contribution is 2.29. The van der Waals surface area contributed by atoms with Crippen molar-refractivity contribution in [2.24, 2.45) is 0 Å². The van der Waals surface area contributed by atoms with Crippen molar-refractivity contribution in [2.45, 2.75) is 32.5 Å². The van der Waals surface area contributed by atoms with Crippen LogP contribution in [0.1, 0.15) is 34.7 Å². The summed E-state index contributed by atoms with van der Waals surface area (Å²) in [6.07, 6.45) is 5.23. The van der Waals surface area contributed by atoms with E-state index in [0.717, 1.165) is 30.2 Å². The minimum Gasteiger partial charge on any atom is -0.470 e. The molecule has 1 atom stereocenters. The number of aromatic nitrogens is 6. The SMILES string of the molecule is CNCC1CCCO1.Cc1cc(-c2nnc3c4ccccc4c(OCc4ccc(C=O)cn4)nn23)no1. The molecule has 5 aromatic rings. The average Bonchev–Trinajstić information content (AvgIpc) is 3.70. The van der Waals surface area contributed by atoms with Crippen LogP contribution in [-0.4, -0.2) is 62.5 Å². The molecule has 11 heteroatoms. The Morgan fingerprint density at radius 2 is 2.05 bits per heavy atom. The Morgan fingerprint density at radius 3 is 2.73 bits per heavy atom. The number of likely N-dealkylation sites (N-methyl/N-ethyl adjacent to an activating group) is 1. The lowest BCUT2D eigenvalue weighted by molar-refractivity contribution is 0.111. The van der Waals surface area contributed by atoms with Crippen molar-refractivity contribution < 1.29 is 18.8 Å². The second-order valence-electron chi connectivity index (χ2n) is 8.61. The van der Waals surface area contributed by atoms with Crippen LogP contribution in [-0.2, 0) is 11.3 Å². The normalized spacial score (nSPS) is 15.0. The maximum Gasteiger partial charge on any atom is 0.240 e. The molecule has 1 unspecified atom stereocenters. The van der Waals surface area contributed by atoms with Crippen LogP contribution in [0.4, 0.5) is 0 Å². The maximum atomic E-state index is 10.8. The van der Waals surface area contributed by atoms with Gasteiger partial charge in [0.05, 0.1) is 11.8 Å². The summed E-state index contributed by atoms with van der Waals surface area (Å²) in [5.74, 6) is 1.54. The summed E-state index contributed by atoms with van der Waals surface area (Å²) < 4.78 is 18.1. The number of carbonyl (C=O) groups is 1. The number of ether oxygens (including phenoxy) is 2. The van der Waals surface area contributed by atoms with E-state index in [4.69, 9.17) is 14.0 Å². The molecule has 4 aromatic heterocycles. The van der Waals surface area contributed by atoms with Gasteiger partial charge in [-0.05, 0) is 45.0 Å². The first-order valence-corrected chi connectivity index (χ1v) is 12.0. The van der Waals surface area contributed by atoms with Crippen molar-refractivity contribution in [1.29, 1.82) is 0 Å². The van der Waals surface area contributed by atoms with E-state index in [1.165, 1.54) is 19.0 Å². The van der Waals surface area contributed by atoms with Crippen molar-refractivity contribution in [3.8, 4) is 17.4 Å². The number of hydrogen-bond acceptors (Lipinski definition) is 10. The number of hydrogen-bond donors (Lipinski definition) is 1. The summed E-state index contributed by atoms with van der Waals surface area (Å²) in [7, 11) is 1.96. The zero-order valence-corrected chi connectivity index (χ0v) is 20.6. The van der Waals surface area contributed by atoms with Crippen molar-refractivity contribution in [1.82, 2.24) is 35.3 Å². The van der Waals surface area contributed by atoms with E-state index in [2.05, 4.69) is 30.8 Å². The summed E-state index contributed by atoms with van der Waals surface area (Å²) in [5.41, 5.74) is 2.32. The van der Waals surface area contributed by atoms with E-state index < -0.39 is 0 Å². The van der Waals surface area contributed by atoms with Crippen LogP contribution in [0.5, 0.6) is 5.88 Å². The molecule has 1 aromatic carbocycles. The van der Waals surface area contributed by atoms with Gasteiger partial charge in [0.25, 0.3) is 0 Å². The number of aryl methyl sites for hydroxylation is 1. The van der Waals surface area contributed by atoms with Gasteiger partial charge in [0.15, 0.2) is 17.6 Å². The summed E-state index contributed by atoms with van der Waals surface area (Å²) in [6, 6.07) is 12.9. The fraction of sp³-hybridized carbons (Fsp3) is 0.308. The first-order chi connectivity index (χ1) is 18.2. The number of rotatable bonds is 7. The van der Waals surface area contributed by atoms with Crippen molar-refractivity contribution >= 4 is 22.7 Å². The third kappa shape index (κ3) is 5.47. The third-order valence-corrected chi connectivity index (χ3v) is 5.88. The molecule has 0 bridgehead atoms. The largest absolute Gasteiger partial charge is 0.470 e. The second-order valence-corrected chi connectivity index (χ2v) is 8.61. The first kappa shape index (κ1) is 24.5. The van der Waals surface area contributed by atoms with Crippen LogP contribution < -0.4 is 10.1 Å². The number of benzene rings is 1. The van der Waals surface area contributed by atoms with Crippen LogP contribution >= 0.6 is 0 Å². The van der Waals surface area contributed by atoms with Gasteiger partial charge in [-0.25, -0.2) is 0 Å². The van der Waals surface area contributed by atoms with Gasteiger partial charge in [0, 0.05) is 41.8 Å². The molecule has 0 aliphatic carbocycles. The summed E-state index contributed by atoms with van der Waals surface area (Å²) in [5, 5.41) is 21.9. The minimum atomic E-state index is 0.197.